The average molecular weight is 267 g/mol. The van der Waals surface area contributed by atoms with Crippen LogP contribution in [-0.2, 0) is 6.61 Å². The highest BCUT2D eigenvalue weighted by molar-refractivity contribution is 14.1. The van der Waals surface area contributed by atoms with Crippen LogP contribution in [0.4, 0.5) is 10.1 Å². The van der Waals surface area contributed by atoms with Gasteiger partial charge in [-0.2, -0.15) is 0 Å². The van der Waals surface area contributed by atoms with E-state index in [9.17, 15) is 4.39 Å². The van der Waals surface area contributed by atoms with Crippen molar-refractivity contribution in [2.75, 3.05) is 3.53 Å². The van der Waals surface area contributed by atoms with Gasteiger partial charge in [-0.15, -0.1) is 0 Å². The van der Waals surface area contributed by atoms with E-state index in [1.807, 2.05) is 22.9 Å². The number of hydrogen-bond acceptors (Lipinski definition) is 2. The molecule has 2 nitrogen and oxygen atoms in total. The van der Waals surface area contributed by atoms with Gasteiger partial charge in [0.2, 0.25) is 0 Å². The lowest BCUT2D eigenvalue weighted by Gasteiger charge is -2.01. The molecule has 2 N–H and O–H groups in total. The molecule has 60 valence electrons. The van der Waals surface area contributed by atoms with Crippen molar-refractivity contribution in [3.8, 4) is 0 Å². The number of anilines is 1. The summed E-state index contributed by atoms with van der Waals surface area (Å²) < 4.78 is 15.5. The van der Waals surface area contributed by atoms with Crippen molar-refractivity contribution in [1.82, 2.24) is 0 Å². The van der Waals surface area contributed by atoms with Gasteiger partial charge in [-0.05, 0) is 18.2 Å². The number of aliphatic hydroxyl groups is 1. The molecular formula is C7H7FINO. The fourth-order valence-corrected chi connectivity index (χ4v) is 1.09. The Kier molecular flexibility index (Phi) is 3.07. The topological polar surface area (TPSA) is 32.3 Å². The number of nitrogens with one attached hydrogen (secondary N) is 1. The molecule has 0 amide bonds. The Morgan fingerprint density at radius 1 is 1.55 bits per heavy atom. The Balaban J connectivity index is 3.02. The van der Waals surface area contributed by atoms with Crippen LogP contribution in [0.3, 0.4) is 0 Å². The number of benzene rings is 1. The van der Waals surface area contributed by atoms with E-state index in [-0.39, 0.29) is 12.4 Å². The Morgan fingerprint density at radius 3 is 2.82 bits per heavy atom. The van der Waals surface area contributed by atoms with Gasteiger partial charge in [0.05, 0.1) is 29.5 Å². The number of aliphatic hydroxyl groups excluding tert-OH is 1. The van der Waals surface area contributed by atoms with E-state index in [0.717, 1.165) is 5.69 Å². The second-order valence-corrected chi connectivity index (χ2v) is 2.60. The molecule has 11 heavy (non-hydrogen) atoms. The van der Waals surface area contributed by atoms with E-state index in [2.05, 4.69) is 3.53 Å². The van der Waals surface area contributed by atoms with Crippen LogP contribution in [0.1, 0.15) is 5.56 Å². The van der Waals surface area contributed by atoms with Crippen LogP contribution < -0.4 is 3.53 Å². The Hall–Kier alpha value is -0.360. The van der Waals surface area contributed by atoms with Crippen molar-refractivity contribution < 1.29 is 9.50 Å². The summed E-state index contributed by atoms with van der Waals surface area (Å²) in [5.41, 5.74) is 1.10. The first-order chi connectivity index (χ1) is 5.27. The molecular weight excluding hydrogens is 260 g/mol. The molecule has 0 unspecified atom stereocenters. The zero-order valence-corrected chi connectivity index (χ0v) is 7.80. The quantitative estimate of drug-likeness (QED) is 0.635. The molecule has 0 heterocycles. The maximum Gasteiger partial charge on any atom is 0.128 e. The summed E-state index contributed by atoms with van der Waals surface area (Å²) in [5.74, 6) is -0.372. The predicted molar refractivity (Wildman–Crippen MR) is 50.0 cm³/mol. The fourth-order valence-electron chi connectivity index (χ4n) is 0.755. The average Bonchev–Trinajstić information content (AvgIpc) is 2.05. The first-order valence-corrected chi connectivity index (χ1v) is 4.11. The zero-order valence-electron chi connectivity index (χ0n) is 5.64. The largest absolute Gasteiger partial charge is 0.392 e. The van der Waals surface area contributed by atoms with E-state index in [1.165, 1.54) is 6.07 Å². The molecule has 1 rings (SSSR count). The SMILES string of the molecule is OCc1cc(NI)ccc1F. The van der Waals surface area contributed by atoms with E-state index >= 15 is 0 Å². The summed E-state index contributed by atoms with van der Waals surface area (Å²) in [6.07, 6.45) is 0. The smallest absolute Gasteiger partial charge is 0.128 e. The molecule has 0 bridgehead atoms. The number of halogens is 2. The van der Waals surface area contributed by atoms with E-state index < -0.39 is 0 Å². The van der Waals surface area contributed by atoms with Crippen molar-refractivity contribution in [3.05, 3.63) is 29.6 Å². The Morgan fingerprint density at radius 2 is 2.27 bits per heavy atom. The second-order valence-electron chi connectivity index (χ2n) is 2.06. The van der Waals surface area contributed by atoms with Crippen LogP contribution in [0, 0.1) is 5.82 Å². The molecule has 0 atom stereocenters. The highest BCUT2D eigenvalue weighted by atomic mass is 127. The first kappa shape index (κ1) is 8.73. The van der Waals surface area contributed by atoms with Crippen LogP contribution in [0.2, 0.25) is 0 Å². The van der Waals surface area contributed by atoms with Crippen LogP contribution in [0.5, 0.6) is 0 Å². The summed E-state index contributed by atoms with van der Waals surface area (Å²) in [6.45, 7) is -0.266. The third-order valence-corrected chi connectivity index (χ3v) is 1.95. The van der Waals surface area contributed by atoms with Crippen molar-refractivity contribution >= 4 is 28.6 Å². The van der Waals surface area contributed by atoms with Crippen LogP contribution in [0.25, 0.3) is 0 Å². The molecule has 0 aliphatic rings. The van der Waals surface area contributed by atoms with Gasteiger partial charge in [0, 0.05) is 11.3 Å². The first-order valence-electron chi connectivity index (χ1n) is 3.04. The summed E-state index contributed by atoms with van der Waals surface area (Å²) in [4.78, 5) is 0. The van der Waals surface area contributed by atoms with Crippen LogP contribution >= 0.6 is 22.9 Å². The van der Waals surface area contributed by atoms with E-state index in [4.69, 9.17) is 5.11 Å². The van der Waals surface area contributed by atoms with Crippen molar-refractivity contribution in [1.29, 1.82) is 0 Å². The molecule has 0 spiro atoms. The van der Waals surface area contributed by atoms with Gasteiger partial charge >= 0.3 is 0 Å². The maximum atomic E-state index is 12.7. The minimum atomic E-state index is -0.372. The lowest BCUT2D eigenvalue weighted by atomic mass is 10.2. The molecule has 0 radical (unpaired) electrons. The molecule has 0 aromatic heterocycles. The van der Waals surface area contributed by atoms with Gasteiger partial charge < -0.3 is 8.64 Å². The van der Waals surface area contributed by atoms with Gasteiger partial charge in [-0.1, -0.05) is 0 Å². The summed E-state index contributed by atoms with van der Waals surface area (Å²) in [7, 11) is 0. The third kappa shape index (κ3) is 2.03. The Labute approximate surface area is 77.9 Å². The molecule has 4 heteroatoms. The second kappa shape index (κ2) is 3.87. The minimum absolute atomic E-state index is 0.266. The minimum Gasteiger partial charge on any atom is -0.392 e. The molecule has 0 aliphatic heterocycles. The summed E-state index contributed by atoms with van der Waals surface area (Å²) >= 11 is 1.94. The molecule has 0 saturated carbocycles. The highest BCUT2D eigenvalue weighted by Crippen LogP contribution is 2.15. The normalized spacial score (nSPS) is 9.73. The Bertz CT molecular complexity index is 254. The predicted octanol–water partition coefficient (Wildman–Crippen LogP) is 2.08. The van der Waals surface area contributed by atoms with Crippen molar-refractivity contribution in [2.45, 2.75) is 6.61 Å². The highest BCUT2D eigenvalue weighted by Gasteiger charge is 2.00. The van der Waals surface area contributed by atoms with E-state index in [0.29, 0.717) is 5.56 Å². The van der Waals surface area contributed by atoms with Crippen molar-refractivity contribution in [3.63, 3.8) is 0 Å². The van der Waals surface area contributed by atoms with Gasteiger partial charge in [0.15, 0.2) is 0 Å². The third-order valence-electron chi connectivity index (χ3n) is 1.33. The molecule has 0 saturated heterocycles. The standard InChI is InChI=1S/C7H7FINO/c8-7-2-1-6(10-9)3-5(7)4-11/h1-3,10-11H,4H2. The molecule has 0 fully saturated rings. The lowest BCUT2D eigenvalue weighted by molar-refractivity contribution is 0.276. The van der Waals surface area contributed by atoms with E-state index in [1.54, 1.807) is 12.1 Å². The van der Waals surface area contributed by atoms with Crippen molar-refractivity contribution in [2.24, 2.45) is 0 Å². The zero-order chi connectivity index (χ0) is 8.27. The monoisotopic (exact) mass is 267 g/mol. The van der Waals surface area contributed by atoms with Crippen LogP contribution in [0.15, 0.2) is 18.2 Å². The molecule has 0 aliphatic carbocycles. The summed E-state index contributed by atoms with van der Waals surface area (Å²) in [5, 5.41) is 8.67. The van der Waals surface area contributed by atoms with Gasteiger partial charge in [0.25, 0.3) is 0 Å². The maximum absolute atomic E-state index is 12.7. The van der Waals surface area contributed by atoms with Gasteiger partial charge in [-0.25, -0.2) is 4.39 Å². The lowest BCUT2D eigenvalue weighted by Crippen LogP contribution is -1.90. The molecule has 1 aromatic carbocycles. The van der Waals surface area contributed by atoms with Gasteiger partial charge in [0.1, 0.15) is 5.82 Å². The molecule has 1 aromatic rings. The fraction of sp³-hybridized carbons (Fsp3) is 0.143. The van der Waals surface area contributed by atoms with Gasteiger partial charge in [-0.3, -0.25) is 0 Å². The van der Waals surface area contributed by atoms with Crippen LogP contribution in [-0.4, -0.2) is 5.11 Å². The number of rotatable bonds is 2. The number of hydrogen-bond donors (Lipinski definition) is 2. The summed E-state index contributed by atoms with van der Waals surface area (Å²) in [6, 6.07) is 4.51.